The highest BCUT2D eigenvalue weighted by Crippen LogP contribution is 2.32. The zero-order chi connectivity index (χ0) is 13.4. The van der Waals surface area contributed by atoms with Crippen molar-refractivity contribution in [2.75, 3.05) is 0 Å². The first-order valence-electron chi connectivity index (χ1n) is 6.20. The van der Waals surface area contributed by atoms with Crippen molar-refractivity contribution in [2.45, 2.75) is 19.4 Å². The van der Waals surface area contributed by atoms with Gasteiger partial charge in [-0.15, -0.1) is 0 Å². The standard InChI is InChI=1S/C16H13FO2/c1-10-7-12(17)8-14-13(10)9-15(19-16(14)18)11-5-3-2-4-6-11/h2-8,15H,9H2,1H3. The van der Waals surface area contributed by atoms with E-state index in [-0.39, 0.29) is 6.10 Å². The molecule has 0 bridgehead atoms. The molecule has 2 nitrogen and oxygen atoms in total. The lowest BCUT2D eigenvalue weighted by molar-refractivity contribution is 0.0251. The van der Waals surface area contributed by atoms with E-state index < -0.39 is 11.8 Å². The number of rotatable bonds is 1. The van der Waals surface area contributed by atoms with Crippen LogP contribution in [-0.4, -0.2) is 5.97 Å². The third-order valence-electron chi connectivity index (χ3n) is 3.47. The minimum absolute atomic E-state index is 0.287. The summed E-state index contributed by atoms with van der Waals surface area (Å²) in [7, 11) is 0. The van der Waals surface area contributed by atoms with Gasteiger partial charge in [0, 0.05) is 6.42 Å². The number of benzene rings is 2. The molecule has 1 atom stereocenters. The molecular weight excluding hydrogens is 243 g/mol. The van der Waals surface area contributed by atoms with Crippen LogP contribution >= 0.6 is 0 Å². The van der Waals surface area contributed by atoms with Crippen LogP contribution in [0.5, 0.6) is 0 Å². The molecule has 0 spiro atoms. The molecule has 0 saturated carbocycles. The van der Waals surface area contributed by atoms with Gasteiger partial charge in [-0.3, -0.25) is 0 Å². The van der Waals surface area contributed by atoms with Crippen LogP contribution in [0, 0.1) is 12.7 Å². The summed E-state index contributed by atoms with van der Waals surface area (Å²) >= 11 is 0. The Balaban J connectivity index is 2.03. The molecule has 1 unspecified atom stereocenters. The number of hydrogen-bond donors (Lipinski definition) is 0. The number of cyclic esters (lactones) is 1. The summed E-state index contributed by atoms with van der Waals surface area (Å²) in [6, 6.07) is 12.3. The second-order valence-electron chi connectivity index (χ2n) is 4.76. The molecule has 0 amide bonds. The summed E-state index contributed by atoms with van der Waals surface area (Å²) < 4.78 is 18.7. The number of carbonyl (C=O) groups is 1. The first-order valence-corrected chi connectivity index (χ1v) is 6.20. The third-order valence-corrected chi connectivity index (χ3v) is 3.47. The Bertz CT molecular complexity index is 635. The second-order valence-corrected chi connectivity index (χ2v) is 4.76. The van der Waals surface area contributed by atoms with Crippen molar-refractivity contribution >= 4 is 5.97 Å². The Morgan fingerprint density at radius 1 is 1.21 bits per heavy atom. The van der Waals surface area contributed by atoms with Crippen LogP contribution in [0.1, 0.15) is 33.2 Å². The summed E-state index contributed by atoms with van der Waals surface area (Å²) in [6.07, 6.45) is 0.308. The predicted molar refractivity (Wildman–Crippen MR) is 69.4 cm³/mol. The molecule has 0 saturated heterocycles. The number of carbonyl (C=O) groups excluding carboxylic acids is 1. The molecule has 19 heavy (non-hydrogen) atoms. The van der Waals surface area contributed by atoms with Gasteiger partial charge in [0.2, 0.25) is 0 Å². The third kappa shape index (κ3) is 2.12. The number of hydrogen-bond acceptors (Lipinski definition) is 2. The zero-order valence-corrected chi connectivity index (χ0v) is 10.5. The Kier molecular flexibility index (Phi) is 2.82. The van der Waals surface area contributed by atoms with Crippen molar-refractivity contribution in [3.63, 3.8) is 0 Å². The number of esters is 1. The molecule has 0 fully saturated rings. The molecule has 0 radical (unpaired) electrons. The van der Waals surface area contributed by atoms with Crippen molar-refractivity contribution in [2.24, 2.45) is 0 Å². The van der Waals surface area contributed by atoms with Crippen molar-refractivity contribution in [1.29, 1.82) is 0 Å². The van der Waals surface area contributed by atoms with Crippen LogP contribution in [0.2, 0.25) is 0 Å². The normalized spacial score (nSPS) is 17.8. The average molecular weight is 256 g/mol. The minimum Gasteiger partial charge on any atom is -0.454 e. The fourth-order valence-electron chi connectivity index (χ4n) is 2.50. The summed E-state index contributed by atoms with van der Waals surface area (Å²) in [6.45, 7) is 1.82. The van der Waals surface area contributed by atoms with Crippen molar-refractivity contribution in [3.05, 3.63) is 70.5 Å². The van der Waals surface area contributed by atoms with E-state index in [2.05, 4.69) is 0 Å². The lowest BCUT2D eigenvalue weighted by atomic mass is 9.91. The van der Waals surface area contributed by atoms with E-state index in [1.807, 2.05) is 37.3 Å². The number of aryl methyl sites for hydroxylation is 1. The largest absolute Gasteiger partial charge is 0.454 e. The SMILES string of the molecule is Cc1cc(F)cc2c1CC(c1ccccc1)OC2=O. The molecule has 2 aromatic carbocycles. The van der Waals surface area contributed by atoms with Gasteiger partial charge in [-0.1, -0.05) is 30.3 Å². The number of fused-ring (bicyclic) bond motifs is 1. The average Bonchev–Trinajstić information content (AvgIpc) is 2.41. The van der Waals surface area contributed by atoms with Crippen LogP contribution in [0.3, 0.4) is 0 Å². The van der Waals surface area contributed by atoms with Crippen molar-refractivity contribution in [3.8, 4) is 0 Å². The van der Waals surface area contributed by atoms with Crippen LogP contribution in [0.25, 0.3) is 0 Å². The topological polar surface area (TPSA) is 26.3 Å². The maximum Gasteiger partial charge on any atom is 0.339 e. The van der Waals surface area contributed by atoms with Gasteiger partial charge < -0.3 is 4.74 Å². The number of ether oxygens (including phenoxy) is 1. The van der Waals surface area contributed by atoms with Crippen LogP contribution < -0.4 is 0 Å². The maximum absolute atomic E-state index is 13.3. The zero-order valence-electron chi connectivity index (χ0n) is 10.5. The van der Waals surface area contributed by atoms with Crippen LogP contribution in [0.4, 0.5) is 4.39 Å². The molecule has 2 aromatic rings. The summed E-state index contributed by atoms with van der Waals surface area (Å²) in [4.78, 5) is 12.0. The van der Waals surface area contributed by atoms with Gasteiger partial charge in [-0.05, 0) is 35.7 Å². The summed E-state index contributed by atoms with van der Waals surface area (Å²) in [5, 5.41) is 0. The Morgan fingerprint density at radius 3 is 2.68 bits per heavy atom. The summed E-state index contributed by atoms with van der Waals surface area (Å²) in [5.74, 6) is -0.843. The van der Waals surface area contributed by atoms with E-state index >= 15 is 0 Å². The lowest BCUT2D eigenvalue weighted by Gasteiger charge is -2.26. The highest BCUT2D eigenvalue weighted by molar-refractivity contribution is 5.92. The van der Waals surface area contributed by atoms with Gasteiger partial charge in [0.1, 0.15) is 11.9 Å². The predicted octanol–water partition coefficient (Wildman–Crippen LogP) is 3.59. The summed E-state index contributed by atoms with van der Waals surface area (Å²) in [5.41, 5.74) is 2.99. The van der Waals surface area contributed by atoms with Gasteiger partial charge in [-0.25, -0.2) is 9.18 Å². The van der Waals surface area contributed by atoms with Gasteiger partial charge in [0.05, 0.1) is 5.56 Å². The van der Waals surface area contributed by atoms with Gasteiger partial charge >= 0.3 is 5.97 Å². The van der Waals surface area contributed by atoms with E-state index in [1.54, 1.807) is 0 Å². The Labute approximate surface area is 110 Å². The molecule has 0 aromatic heterocycles. The Hall–Kier alpha value is -2.16. The van der Waals surface area contributed by atoms with E-state index in [9.17, 15) is 9.18 Å². The molecular formula is C16H13FO2. The molecule has 0 N–H and O–H groups in total. The van der Waals surface area contributed by atoms with Crippen LogP contribution in [0.15, 0.2) is 42.5 Å². The van der Waals surface area contributed by atoms with Crippen LogP contribution in [-0.2, 0) is 11.2 Å². The molecule has 3 rings (SSSR count). The number of halogens is 1. The highest BCUT2D eigenvalue weighted by Gasteiger charge is 2.29. The quantitative estimate of drug-likeness (QED) is 0.729. The highest BCUT2D eigenvalue weighted by atomic mass is 19.1. The van der Waals surface area contributed by atoms with E-state index in [0.717, 1.165) is 16.7 Å². The van der Waals surface area contributed by atoms with Crippen molar-refractivity contribution in [1.82, 2.24) is 0 Å². The van der Waals surface area contributed by atoms with E-state index in [0.29, 0.717) is 12.0 Å². The second kappa shape index (κ2) is 4.50. The lowest BCUT2D eigenvalue weighted by Crippen LogP contribution is -2.23. The fraction of sp³-hybridized carbons (Fsp3) is 0.188. The van der Waals surface area contributed by atoms with Crippen molar-refractivity contribution < 1.29 is 13.9 Å². The molecule has 0 aliphatic carbocycles. The smallest absolute Gasteiger partial charge is 0.339 e. The molecule has 1 aliphatic rings. The van der Waals surface area contributed by atoms with E-state index in [1.165, 1.54) is 12.1 Å². The monoisotopic (exact) mass is 256 g/mol. The van der Waals surface area contributed by atoms with Gasteiger partial charge in [0.15, 0.2) is 0 Å². The molecule has 1 aliphatic heterocycles. The molecule has 3 heteroatoms. The van der Waals surface area contributed by atoms with E-state index in [4.69, 9.17) is 4.74 Å². The minimum atomic E-state index is -0.447. The molecule has 96 valence electrons. The maximum atomic E-state index is 13.3. The van der Waals surface area contributed by atoms with Gasteiger partial charge in [0.25, 0.3) is 0 Å². The Morgan fingerprint density at radius 2 is 1.95 bits per heavy atom. The first kappa shape index (κ1) is 11.9. The molecule has 1 heterocycles. The first-order chi connectivity index (χ1) is 9.15. The fourth-order valence-corrected chi connectivity index (χ4v) is 2.50. The van der Waals surface area contributed by atoms with Gasteiger partial charge in [-0.2, -0.15) is 0 Å².